The fraction of sp³-hybridized carbons (Fsp3) is 0.462. The first-order valence-electron chi connectivity index (χ1n) is 6.00. The molecule has 0 bridgehead atoms. The van der Waals surface area contributed by atoms with Crippen LogP contribution >= 0.6 is 0 Å². The Morgan fingerprint density at radius 3 is 2.72 bits per heavy atom. The Hall–Kier alpha value is -1.91. The van der Waals surface area contributed by atoms with Gasteiger partial charge in [-0.2, -0.15) is 0 Å². The minimum atomic E-state index is -1.00. The first-order valence-corrected chi connectivity index (χ1v) is 6.00. The van der Waals surface area contributed by atoms with Gasteiger partial charge in [0.2, 0.25) is 0 Å². The molecule has 0 fully saturated rings. The lowest BCUT2D eigenvalue weighted by atomic mass is 10.1. The maximum Gasteiger partial charge on any atom is 0.326 e. The first-order chi connectivity index (χ1) is 8.54. The molecule has 2 N–H and O–H groups in total. The molecule has 5 heteroatoms. The van der Waals surface area contributed by atoms with E-state index >= 15 is 0 Å². The van der Waals surface area contributed by atoms with Gasteiger partial charge in [0.25, 0.3) is 5.91 Å². The van der Waals surface area contributed by atoms with Gasteiger partial charge in [0.05, 0.1) is 5.56 Å². The second kappa shape index (κ2) is 6.74. The van der Waals surface area contributed by atoms with Gasteiger partial charge >= 0.3 is 5.97 Å². The summed E-state index contributed by atoms with van der Waals surface area (Å²) in [4.78, 5) is 26.8. The SMILES string of the molecule is CCCCC(NC(=O)c1cncc(C)c1)C(=O)O. The Labute approximate surface area is 106 Å². The molecule has 0 aliphatic heterocycles. The van der Waals surface area contributed by atoms with Crippen molar-refractivity contribution in [3.63, 3.8) is 0 Å². The molecule has 1 aromatic heterocycles. The predicted octanol–water partition coefficient (Wildman–Crippen LogP) is 1.76. The predicted molar refractivity (Wildman–Crippen MR) is 67.4 cm³/mol. The Balaban J connectivity index is 2.69. The number of hydrogen-bond acceptors (Lipinski definition) is 3. The van der Waals surface area contributed by atoms with Crippen LogP contribution < -0.4 is 5.32 Å². The van der Waals surface area contributed by atoms with Gasteiger partial charge in [-0.25, -0.2) is 4.79 Å². The van der Waals surface area contributed by atoms with Gasteiger partial charge < -0.3 is 10.4 Å². The van der Waals surface area contributed by atoms with E-state index in [1.165, 1.54) is 6.20 Å². The molecule has 1 heterocycles. The molecule has 1 rings (SSSR count). The summed E-state index contributed by atoms with van der Waals surface area (Å²) in [6.07, 6.45) is 5.18. The van der Waals surface area contributed by atoms with Crippen molar-refractivity contribution >= 4 is 11.9 Å². The number of nitrogens with zero attached hydrogens (tertiary/aromatic N) is 1. The van der Waals surface area contributed by atoms with E-state index in [-0.39, 0.29) is 0 Å². The number of aromatic nitrogens is 1. The van der Waals surface area contributed by atoms with Crippen molar-refractivity contribution in [2.75, 3.05) is 0 Å². The standard InChI is InChI=1S/C13H18N2O3/c1-3-4-5-11(13(17)18)15-12(16)10-6-9(2)7-14-8-10/h6-8,11H,3-5H2,1-2H3,(H,15,16)(H,17,18). The van der Waals surface area contributed by atoms with Crippen LogP contribution in [0.25, 0.3) is 0 Å². The summed E-state index contributed by atoms with van der Waals surface area (Å²) in [5.41, 5.74) is 1.25. The largest absolute Gasteiger partial charge is 0.480 e. The molecule has 0 spiro atoms. The lowest BCUT2D eigenvalue weighted by molar-refractivity contribution is -0.139. The van der Waals surface area contributed by atoms with E-state index in [4.69, 9.17) is 5.11 Å². The monoisotopic (exact) mass is 250 g/mol. The van der Waals surface area contributed by atoms with Crippen molar-refractivity contribution < 1.29 is 14.7 Å². The number of nitrogens with one attached hydrogen (secondary N) is 1. The highest BCUT2D eigenvalue weighted by atomic mass is 16.4. The zero-order valence-electron chi connectivity index (χ0n) is 10.6. The van der Waals surface area contributed by atoms with Crippen LogP contribution in [0.1, 0.15) is 42.1 Å². The van der Waals surface area contributed by atoms with Crippen LogP contribution in [0.2, 0.25) is 0 Å². The lowest BCUT2D eigenvalue weighted by Gasteiger charge is -2.14. The lowest BCUT2D eigenvalue weighted by Crippen LogP contribution is -2.40. The topological polar surface area (TPSA) is 79.3 Å². The van der Waals surface area contributed by atoms with E-state index < -0.39 is 17.9 Å². The first kappa shape index (κ1) is 14.2. The smallest absolute Gasteiger partial charge is 0.326 e. The molecule has 1 aromatic rings. The summed E-state index contributed by atoms with van der Waals surface area (Å²) >= 11 is 0. The minimum absolute atomic E-state index is 0.387. The second-order valence-corrected chi connectivity index (χ2v) is 4.26. The van der Waals surface area contributed by atoms with Crippen LogP contribution in [0.5, 0.6) is 0 Å². The van der Waals surface area contributed by atoms with E-state index in [9.17, 15) is 9.59 Å². The van der Waals surface area contributed by atoms with Crippen LogP contribution in [0.3, 0.4) is 0 Å². The quantitative estimate of drug-likeness (QED) is 0.806. The number of carbonyl (C=O) groups excluding carboxylic acids is 1. The van der Waals surface area contributed by atoms with Crippen molar-refractivity contribution in [2.45, 2.75) is 39.2 Å². The highest BCUT2D eigenvalue weighted by molar-refractivity contribution is 5.96. The van der Waals surface area contributed by atoms with E-state index in [0.29, 0.717) is 12.0 Å². The van der Waals surface area contributed by atoms with Gasteiger partial charge in [-0.05, 0) is 25.0 Å². The molecule has 18 heavy (non-hydrogen) atoms. The molecule has 1 atom stereocenters. The molecule has 1 amide bonds. The van der Waals surface area contributed by atoms with Crippen molar-refractivity contribution in [3.8, 4) is 0 Å². The van der Waals surface area contributed by atoms with E-state index in [1.54, 1.807) is 12.3 Å². The van der Waals surface area contributed by atoms with Crippen LogP contribution in [0, 0.1) is 6.92 Å². The number of aryl methyl sites for hydroxylation is 1. The number of aliphatic carboxylic acids is 1. The highest BCUT2D eigenvalue weighted by Gasteiger charge is 2.20. The third kappa shape index (κ3) is 4.16. The number of hydrogen-bond donors (Lipinski definition) is 2. The summed E-state index contributed by atoms with van der Waals surface area (Å²) in [6, 6.07) is 0.846. The number of carboxylic acid groups (broad SMARTS) is 1. The Morgan fingerprint density at radius 2 is 2.17 bits per heavy atom. The van der Waals surface area contributed by atoms with Gasteiger partial charge in [-0.1, -0.05) is 19.8 Å². The van der Waals surface area contributed by atoms with Gasteiger partial charge in [-0.15, -0.1) is 0 Å². The molecular formula is C13H18N2O3. The normalized spacial score (nSPS) is 11.9. The summed E-state index contributed by atoms with van der Waals surface area (Å²) in [5.74, 6) is -1.40. The maximum absolute atomic E-state index is 11.9. The maximum atomic E-state index is 11.9. The van der Waals surface area contributed by atoms with Crippen molar-refractivity contribution in [1.82, 2.24) is 10.3 Å². The summed E-state index contributed by atoms with van der Waals surface area (Å²) in [7, 11) is 0. The zero-order chi connectivity index (χ0) is 13.5. The molecule has 0 aromatic carbocycles. The van der Waals surface area contributed by atoms with Crippen LogP contribution in [-0.4, -0.2) is 28.0 Å². The van der Waals surface area contributed by atoms with E-state index in [0.717, 1.165) is 18.4 Å². The fourth-order valence-corrected chi connectivity index (χ4v) is 1.59. The fourth-order valence-electron chi connectivity index (χ4n) is 1.59. The van der Waals surface area contributed by atoms with Crippen molar-refractivity contribution in [3.05, 3.63) is 29.6 Å². The van der Waals surface area contributed by atoms with E-state index in [1.807, 2.05) is 13.8 Å². The average molecular weight is 250 g/mol. The average Bonchev–Trinajstić information content (AvgIpc) is 2.33. The Kier molecular flexibility index (Phi) is 5.30. The Bertz CT molecular complexity index is 432. The van der Waals surface area contributed by atoms with Crippen LogP contribution in [-0.2, 0) is 4.79 Å². The molecule has 0 aliphatic rings. The molecule has 0 radical (unpaired) electrons. The number of carbonyl (C=O) groups is 2. The van der Waals surface area contributed by atoms with Crippen molar-refractivity contribution in [2.24, 2.45) is 0 Å². The summed E-state index contributed by atoms with van der Waals surface area (Å²) in [6.45, 7) is 3.81. The molecule has 0 aliphatic carbocycles. The molecule has 0 saturated carbocycles. The molecule has 0 saturated heterocycles. The number of unbranched alkanes of at least 4 members (excludes halogenated alkanes) is 1. The number of rotatable bonds is 6. The van der Waals surface area contributed by atoms with Gasteiger partial charge in [0.1, 0.15) is 6.04 Å². The van der Waals surface area contributed by atoms with Gasteiger partial charge in [0.15, 0.2) is 0 Å². The molecule has 1 unspecified atom stereocenters. The van der Waals surface area contributed by atoms with Crippen LogP contribution in [0.4, 0.5) is 0 Å². The Morgan fingerprint density at radius 1 is 1.44 bits per heavy atom. The number of amides is 1. The molecular weight excluding hydrogens is 232 g/mol. The zero-order valence-corrected chi connectivity index (χ0v) is 10.6. The minimum Gasteiger partial charge on any atom is -0.480 e. The van der Waals surface area contributed by atoms with Crippen LogP contribution in [0.15, 0.2) is 18.5 Å². The number of pyridine rings is 1. The van der Waals surface area contributed by atoms with Gasteiger partial charge in [-0.3, -0.25) is 9.78 Å². The number of carboxylic acids is 1. The summed E-state index contributed by atoms with van der Waals surface area (Å²) < 4.78 is 0. The second-order valence-electron chi connectivity index (χ2n) is 4.26. The third-order valence-corrected chi connectivity index (χ3v) is 2.59. The van der Waals surface area contributed by atoms with Gasteiger partial charge in [0, 0.05) is 12.4 Å². The molecule has 5 nitrogen and oxygen atoms in total. The summed E-state index contributed by atoms with van der Waals surface area (Å²) in [5, 5.41) is 11.5. The van der Waals surface area contributed by atoms with Crippen molar-refractivity contribution in [1.29, 1.82) is 0 Å². The highest BCUT2D eigenvalue weighted by Crippen LogP contribution is 2.05. The molecule has 98 valence electrons. The van der Waals surface area contributed by atoms with E-state index in [2.05, 4.69) is 10.3 Å². The third-order valence-electron chi connectivity index (χ3n) is 2.59.